The Morgan fingerprint density at radius 2 is 0.265 bits per heavy atom. The second-order valence-corrected chi connectivity index (χ2v) is 11.3. The molecular formula is C34H72. The summed E-state index contributed by atoms with van der Waals surface area (Å²) >= 11 is 0. The summed E-state index contributed by atoms with van der Waals surface area (Å²) in [6, 6.07) is 0. The minimum Gasteiger partial charge on any atom is -0.0776 e. The Labute approximate surface area is 220 Å². The molecule has 0 aliphatic heterocycles. The van der Waals surface area contributed by atoms with Crippen molar-refractivity contribution in [2.24, 2.45) is 0 Å². The Kier molecular flexibility index (Phi) is 37.4. The van der Waals surface area contributed by atoms with Crippen LogP contribution >= 0.6 is 0 Å². The molecule has 0 amide bonds. The summed E-state index contributed by atoms with van der Waals surface area (Å²) in [5.74, 6) is 0. The Bertz CT molecular complexity index is 277. The molecule has 0 fully saturated rings. The molecule has 0 saturated carbocycles. The largest absolute Gasteiger partial charge is 0.0776 e. The predicted molar refractivity (Wildman–Crippen MR) is 161 cm³/mol. The van der Waals surface area contributed by atoms with E-state index in [2.05, 4.69) is 13.8 Å². The minimum absolute atomic E-state index is 0. The van der Waals surface area contributed by atoms with Crippen molar-refractivity contribution >= 4 is 0 Å². The summed E-state index contributed by atoms with van der Waals surface area (Å²) in [4.78, 5) is 0. The Hall–Kier alpha value is 0. The smallest absolute Gasteiger partial charge is 0.0533 e. The summed E-state index contributed by atoms with van der Waals surface area (Å²) in [7, 11) is 0. The lowest BCUT2D eigenvalue weighted by Crippen LogP contribution is -1.85. The van der Waals surface area contributed by atoms with Gasteiger partial charge < -0.3 is 0 Å². The average molecular weight is 481 g/mol. The van der Waals surface area contributed by atoms with Crippen molar-refractivity contribution in [3.05, 3.63) is 0 Å². The zero-order valence-electron chi connectivity index (χ0n) is 23.9. The monoisotopic (exact) mass is 481 g/mol. The van der Waals surface area contributed by atoms with E-state index in [1.54, 1.807) is 0 Å². The fourth-order valence-electron chi connectivity index (χ4n) is 5.27. The number of hydrogen-bond acceptors (Lipinski definition) is 0. The van der Waals surface area contributed by atoms with Gasteiger partial charge in [-0.05, 0) is 0 Å². The molecular weight excluding hydrogens is 408 g/mol. The van der Waals surface area contributed by atoms with Gasteiger partial charge in [0.05, 0.1) is 0 Å². The molecule has 0 rings (SSSR count). The van der Waals surface area contributed by atoms with Gasteiger partial charge in [0.25, 0.3) is 0 Å². The predicted octanol–water partition coefficient (Wildman–Crippen LogP) is 13.8. The fraction of sp³-hybridized carbons (Fsp3) is 1.00. The third-order valence-corrected chi connectivity index (χ3v) is 7.71. The maximum absolute atomic E-state index is 2.31. The van der Waals surface area contributed by atoms with E-state index in [0.717, 1.165) is 0 Å². The van der Waals surface area contributed by atoms with Crippen LogP contribution in [0.4, 0.5) is 0 Å². The van der Waals surface area contributed by atoms with E-state index in [1.165, 1.54) is 199 Å². The zero-order chi connectivity index (χ0) is 23.9. The van der Waals surface area contributed by atoms with Crippen molar-refractivity contribution in [2.45, 2.75) is 220 Å². The third kappa shape index (κ3) is 34.2. The van der Waals surface area contributed by atoms with Crippen molar-refractivity contribution in [3.8, 4) is 0 Å². The van der Waals surface area contributed by atoms with E-state index < -0.39 is 0 Å². The standard InChI is InChI=1S/C33H68.CH4/c1-3-5-7-9-11-13-15-17-19-21-23-25-27-29-31-33-32-30-28-26-24-22-20-18-16-14-12-10-8-6-4-2;/h3-33H2,1-2H3;1H4. The summed E-state index contributed by atoms with van der Waals surface area (Å²) in [6.07, 6.45) is 45.9. The van der Waals surface area contributed by atoms with Crippen molar-refractivity contribution < 1.29 is 0 Å². The highest BCUT2D eigenvalue weighted by molar-refractivity contribution is 4.52. The number of hydrogen-bond donors (Lipinski definition) is 0. The van der Waals surface area contributed by atoms with Gasteiger partial charge in [0, 0.05) is 0 Å². The SMILES string of the molecule is C.CCCCCCCCCCCCCCCCCCCCCCCCCCCCCCCCC. The molecule has 208 valence electrons. The van der Waals surface area contributed by atoms with Crippen LogP contribution in [0.3, 0.4) is 0 Å². The fourth-order valence-corrected chi connectivity index (χ4v) is 5.27. The lowest BCUT2D eigenvalue weighted by atomic mass is 10.0. The van der Waals surface area contributed by atoms with Crippen LogP contribution in [0.5, 0.6) is 0 Å². The van der Waals surface area contributed by atoms with Gasteiger partial charge in [0.1, 0.15) is 0 Å². The Morgan fingerprint density at radius 3 is 0.353 bits per heavy atom. The molecule has 0 heterocycles. The van der Waals surface area contributed by atoms with E-state index in [-0.39, 0.29) is 7.43 Å². The van der Waals surface area contributed by atoms with Crippen LogP contribution in [0.1, 0.15) is 220 Å². The molecule has 0 saturated heterocycles. The lowest BCUT2D eigenvalue weighted by Gasteiger charge is -2.04. The van der Waals surface area contributed by atoms with Gasteiger partial charge in [-0.3, -0.25) is 0 Å². The quantitative estimate of drug-likeness (QED) is 0.0896. The lowest BCUT2D eigenvalue weighted by molar-refractivity contribution is 0.513. The van der Waals surface area contributed by atoms with E-state index in [1.807, 2.05) is 0 Å². The van der Waals surface area contributed by atoms with Gasteiger partial charge in [-0.15, -0.1) is 0 Å². The van der Waals surface area contributed by atoms with Crippen LogP contribution < -0.4 is 0 Å². The summed E-state index contributed by atoms with van der Waals surface area (Å²) in [6.45, 7) is 4.61. The topological polar surface area (TPSA) is 0 Å². The van der Waals surface area contributed by atoms with Crippen molar-refractivity contribution in [3.63, 3.8) is 0 Å². The van der Waals surface area contributed by atoms with Crippen molar-refractivity contribution in [1.82, 2.24) is 0 Å². The van der Waals surface area contributed by atoms with Gasteiger partial charge in [0.15, 0.2) is 0 Å². The second-order valence-electron chi connectivity index (χ2n) is 11.3. The maximum Gasteiger partial charge on any atom is -0.0533 e. The van der Waals surface area contributed by atoms with Crippen LogP contribution in [0.25, 0.3) is 0 Å². The molecule has 0 bridgehead atoms. The van der Waals surface area contributed by atoms with Gasteiger partial charge in [0.2, 0.25) is 0 Å². The molecule has 0 unspecified atom stereocenters. The molecule has 0 aromatic carbocycles. The van der Waals surface area contributed by atoms with E-state index >= 15 is 0 Å². The highest BCUT2D eigenvalue weighted by Gasteiger charge is 1.96. The van der Waals surface area contributed by atoms with Gasteiger partial charge >= 0.3 is 0 Å². The Balaban J connectivity index is 0. The van der Waals surface area contributed by atoms with E-state index in [9.17, 15) is 0 Å². The van der Waals surface area contributed by atoms with E-state index in [0.29, 0.717) is 0 Å². The molecule has 0 nitrogen and oxygen atoms in total. The average Bonchev–Trinajstić information content (AvgIpc) is 2.83. The summed E-state index contributed by atoms with van der Waals surface area (Å²) in [5, 5.41) is 0. The van der Waals surface area contributed by atoms with Gasteiger partial charge in [-0.25, -0.2) is 0 Å². The first-order valence-corrected chi connectivity index (χ1v) is 16.4. The van der Waals surface area contributed by atoms with Crippen LogP contribution in [0, 0.1) is 0 Å². The molecule has 0 spiro atoms. The molecule has 0 aliphatic rings. The first-order valence-electron chi connectivity index (χ1n) is 16.4. The van der Waals surface area contributed by atoms with E-state index in [4.69, 9.17) is 0 Å². The van der Waals surface area contributed by atoms with Crippen LogP contribution in [0.2, 0.25) is 0 Å². The highest BCUT2D eigenvalue weighted by atomic mass is 14.0. The summed E-state index contributed by atoms with van der Waals surface area (Å²) < 4.78 is 0. The molecule has 34 heavy (non-hydrogen) atoms. The molecule has 0 atom stereocenters. The maximum atomic E-state index is 2.31. The van der Waals surface area contributed by atoms with Gasteiger partial charge in [-0.1, -0.05) is 220 Å². The van der Waals surface area contributed by atoms with Crippen LogP contribution in [-0.4, -0.2) is 0 Å². The molecule has 0 aromatic rings. The van der Waals surface area contributed by atoms with Crippen molar-refractivity contribution in [1.29, 1.82) is 0 Å². The molecule has 0 aromatic heterocycles. The number of rotatable bonds is 30. The second kappa shape index (κ2) is 35.2. The van der Waals surface area contributed by atoms with Gasteiger partial charge in [-0.2, -0.15) is 0 Å². The first-order chi connectivity index (χ1) is 16.4. The normalized spacial score (nSPS) is 11.1. The molecule has 0 aliphatic carbocycles. The third-order valence-electron chi connectivity index (χ3n) is 7.71. The van der Waals surface area contributed by atoms with Crippen molar-refractivity contribution in [2.75, 3.05) is 0 Å². The summed E-state index contributed by atoms with van der Waals surface area (Å²) in [5.41, 5.74) is 0. The van der Waals surface area contributed by atoms with Crippen LogP contribution in [0.15, 0.2) is 0 Å². The van der Waals surface area contributed by atoms with Crippen LogP contribution in [-0.2, 0) is 0 Å². The minimum atomic E-state index is 0. The zero-order valence-corrected chi connectivity index (χ0v) is 23.9. The first kappa shape index (κ1) is 36.2. The number of unbranched alkanes of at least 4 members (excludes halogenated alkanes) is 30. The molecule has 0 N–H and O–H groups in total. The Morgan fingerprint density at radius 1 is 0.176 bits per heavy atom. The molecule has 0 radical (unpaired) electrons. The molecule has 0 heteroatoms. The highest BCUT2D eigenvalue weighted by Crippen LogP contribution is 2.16.